The maximum absolute atomic E-state index is 11.5. The lowest BCUT2D eigenvalue weighted by Crippen LogP contribution is -2.17. The third-order valence-corrected chi connectivity index (χ3v) is 1.96. The van der Waals surface area contributed by atoms with Gasteiger partial charge < -0.3 is 9.55 Å². The van der Waals surface area contributed by atoms with Crippen molar-refractivity contribution < 1.29 is 0 Å². The van der Waals surface area contributed by atoms with Crippen LogP contribution in [0.25, 0.3) is 10.9 Å². The van der Waals surface area contributed by atoms with Crippen LogP contribution in [0.3, 0.4) is 0 Å². The molecule has 0 aliphatic heterocycles. The Morgan fingerprint density at radius 2 is 2.00 bits per heavy atom. The second kappa shape index (κ2) is 2.58. The van der Waals surface area contributed by atoms with Crippen LogP contribution in [0.2, 0.25) is 0 Å². The van der Waals surface area contributed by atoms with E-state index < -0.39 is 0 Å². The van der Waals surface area contributed by atoms with Gasteiger partial charge in [0.05, 0.1) is 10.9 Å². The maximum Gasteiger partial charge on any atom is 0.259 e. The molecule has 0 bridgehead atoms. The van der Waals surface area contributed by atoms with Crippen molar-refractivity contribution in [1.82, 2.24) is 9.55 Å². The quantitative estimate of drug-likeness (QED) is 0.624. The van der Waals surface area contributed by atoms with Crippen LogP contribution in [0, 0.1) is 0 Å². The van der Waals surface area contributed by atoms with Crippen molar-refractivity contribution in [2.24, 2.45) is 7.05 Å². The Labute approximate surface area is 73.5 Å². The summed E-state index contributed by atoms with van der Waals surface area (Å²) in [6.45, 7) is 0. The molecular weight excluding hydrogens is 168 g/mol. The molecule has 4 heteroatoms. The van der Waals surface area contributed by atoms with E-state index in [1.165, 1.54) is 16.7 Å². The standard InChI is InChI=1S/C9H8N2O2/c1-11-5-4-7-6(9(11)13)2-3-8(12)10-7/h2-5H,1H3,(H,10,12). The van der Waals surface area contributed by atoms with E-state index >= 15 is 0 Å². The number of nitrogens with zero attached hydrogens (tertiary/aromatic N) is 1. The summed E-state index contributed by atoms with van der Waals surface area (Å²) in [5.74, 6) is 0. The van der Waals surface area contributed by atoms with Crippen molar-refractivity contribution >= 4 is 10.9 Å². The predicted octanol–water partition coefficient (Wildman–Crippen LogP) is 0.227. The normalized spacial score (nSPS) is 10.5. The molecule has 0 aliphatic rings. The largest absolute Gasteiger partial charge is 0.322 e. The van der Waals surface area contributed by atoms with Gasteiger partial charge in [-0.25, -0.2) is 0 Å². The van der Waals surface area contributed by atoms with Gasteiger partial charge in [-0.3, -0.25) is 9.59 Å². The van der Waals surface area contributed by atoms with E-state index in [1.54, 1.807) is 19.3 Å². The highest BCUT2D eigenvalue weighted by molar-refractivity contribution is 5.76. The molecule has 0 fully saturated rings. The van der Waals surface area contributed by atoms with Crippen LogP contribution in [0.15, 0.2) is 34.0 Å². The first-order valence-electron chi connectivity index (χ1n) is 3.87. The smallest absolute Gasteiger partial charge is 0.259 e. The van der Waals surface area contributed by atoms with Crippen molar-refractivity contribution in [3.8, 4) is 0 Å². The topological polar surface area (TPSA) is 54.9 Å². The van der Waals surface area contributed by atoms with Gasteiger partial charge >= 0.3 is 0 Å². The van der Waals surface area contributed by atoms with Crippen LogP contribution < -0.4 is 11.1 Å². The lowest BCUT2D eigenvalue weighted by Gasteiger charge is -1.99. The van der Waals surface area contributed by atoms with Crippen LogP contribution in [-0.2, 0) is 7.05 Å². The molecule has 0 atom stereocenters. The van der Waals surface area contributed by atoms with Gasteiger partial charge in [-0.15, -0.1) is 0 Å². The fourth-order valence-electron chi connectivity index (χ4n) is 1.25. The minimum absolute atomic E-state index is 0.103. The predicted molar refractivity (Wildman–Crippen MR) is 49.8 cm³/mol. The third kappa shape index (κ3) is 1.16. The molecular formula is C9H8N2O2. The van der Waals surface area contributed by atoms with E-state index in [4.69, 9.17) is 0 Å². The van der Waals surface area contributed by atoms with Crippen molar-refractivity contribution in [3.05, 3.63) is 45.1 Å². The number of aryl methyl sites for hydroxylation is 1. The molecule has 0 amide bonds. The lowest BCUT2D eigenvalue weighted by molar-refractivity contribution is 0.871. The molecule has 13 heavy (non-hydrogen) atoms. The van der Waals surface area contributed by atoms with Gasteiger partial charge in [0.2, 0.25) is 5.56 Å². The molecule has 0 spiro atoms. The van der Waals surface area contributed by atoms with Crippen molar-refractivity contribution in [1.29, 1.82) is 0 Å². The molecule has 2 aromatic rings. The summed E-state index contributed by atoms with van der Waals surface area (Å²) in [5, 5.41) is 0.532. The SMILES string of the molecule is Cn1ccc2[nH]c(=O)ccc2c1=O. The zero-order valence-electron chi connectivity index (χ0n) is 7.07. The number of hydrogen-bond acceptors (Lipinski definition) is 2. The van der Waals surface area contributed by atoms with Gasteiger partial charge in [0.25, 0.3) is 5.56 Å². The molecule has 0 saturated heterocycles. The maximum atomic E-state index is 11.5. The molecule has 0 aliphatic carbocycles. The Hall–Kier alpha value is -1.84. The summed E-state index contributed by atoms with van der Waals surface area (Å²) in [7, 11) is 1.67. The summed E-state index contributed by atoms with van der Waals surface area (Å²) in [6, 6.07) is 4.60. The summed E-state index contributed by atoms with van der Waals surface area (Å²) < 4.78 is 1.47. The summed E-state index contributed by atoms with van der Waals surface area (Å²) in [4.78, 5) is 25.0. The molecule has 2 aromatic heterocycles. The highest BCUT2D eigenvalue weighted by Gasteiger charge is 1.99. The molecule has 1 N–H and O–H groups in total. The van der Waals surface area contributed by atoms with E-state index in [-0.39, 0.29) is 11.1 Å². The molecule has 0 saturated carbocycles. The number of aromatic nitrogens is 2. The average molecular weight is 176 g/mol. The number of pyridine rings is 2. The van der Waals surface area contributed by atoms with E-state index in [1.807, 2.05) is 0 Å². The van der Waals surface area contributed by atoms with Crippen LogP contribution in [0.1, 0.15) is 0 Å². The third-order valence-electron chi connectivity index (χ3n) is 1.96. The lowest BCUT2D eigenvalue weighted by atomic mass is 10.3. The number of hydrogen-bond donors (Lipinski definition) is 1. The Bertz CT molecular complexity index is 566. The monoisotopic (exact) mass is 176 g/mol. The first kappa shape index (κ1) is 7.79. The Morgan fingerprint density at radius 1 is 1.23 bits per heavy atom. The minimum Gasteiger partial charge on any atom is -0.322 e. The molecule has 0 radical (unpaired) electrons. The van der Waals surface area contributed by atoms with E-state index in [0.717, 1.165) is 0 Å². The highest BCUT2D eigenvalue weighted by atomic mass is 16.1. The second-order valence-corrected chi connectivity index (χ2v) is 2.88. The fraction of sp³-hybridized carbons (Fsp3) is 0.111. The number of aromatic amines is 1. The van der Waals surface area contributed by atoms with E-state index in [2.05, 4.69) is 4.98 Å². The van der Waals surface area contributed by atoms with Gasteiger partial charge in [-0.1, -0.05) is 0 Å². The van der Waals surface area contributed by atoms with Crippen LogP contribution in [0.4, 0.5) is 0 Å². The zero-order chi connectivity index (χ0) is 9.42. The van der Waals surface area contributed by atoms with Gasteiger partial charge in [0.1, 0.15) is 0 Å². The number of rotatable bonds is 0. The first-order valence-corrected chi connectivity index (χ1v) is 3.87. The van der Waals surface area contributed by atoms with Crippen molar-refractivity contribution in [2.75, 3.05) is 0 Å². The van der Waals surface area contributed by atoms with Crippen molar-refractivity contribution in [2.45, 2.75) is 0 Å². The second-order valence-electron chi connectivity index (χ2n) is 2.88. The molecule has 0 unspecified atom stereocenters. The summed E-state index contributed by atoms with van der Waals surface area (Å²) in [5.41, 5.74) is 0.283. The Kier molecular flexibility index (Phi) is 1.55. The molecule has 66 valence electrons. The van der Waals surface area contributed by atoms with Gasteiger partial charge in [-0.05, 0) is 12.1 Å². The van der Waals surface area contributed by atoms with Crippen LogP contribution in [0.5, 0.6) is 0 Å². The summed E-state index contributed by atoms with van der Waals surface area (Å²) >= 11 is 0. The van der Waals surface area contributed by atoms with Crippen LogP contribution >= 0.6 is 0 Å². The minimum atomic E-state index is -0.194. The van der Waals surface area contributed by atoms with Crippen LogP contribution in [-0.4, -0.2) is 9.55 Å². The van der Waals surface area contributed by atoms with E-state index in [9.17, 15) is 9.59 Å². The number of H-pyrrole nitrogens is 1. The molecule has 0 aromatic carbocycles. The Morgan fingerprint density at radius 3 is 2.77 bits per heavy atom. The highest BCUT2D eigenvalue weighted by Crippen LogP contribution is 2.00. The summed E-state index contributed by atoms with van der Waals surface area (Å²) in [6.07, 6.45) is 1.63. The number of nitrogens with one attached hydrogen (secondary N) is 1. The molecule has 2 heterocycles. The first-order chi connectivity index (χ1) is 6.18. The van der Waals surface area contributed by atoms with Gasteiger partial charge in [0.15, 0.2) is 0 Å². The molecule has 2 rings (SSSR count). The van der Waals surface area contributed by atoms with Gasteiger partial charge in [0, 0.05) is 19.3 Å². The average Bonchev–Trinajstić information content (AvgIpc) is 2.12. The fourth-order valence-corrected chi connectivity index (χ4v) is 1.25. The zero-order valence-corrected chi connectivity index (χ0v) is 7.07. The van der Waals surface area contributed by atoms with Gasteiger partial charge in [-0.2, -0.15) is 0 Å². The number of fused-ring (bicyclic) bond motifs is 1. The molecule has 4 nitrogen and oxygen atoms in total. The Balaban J connectivity index is 3.03. The van der Waals surface area contributed by atoms with Crippen molar-refractivity contribution in [3.63, 3.8) is 0 Å². The van der Waals surface area contributed by atoms with E-state index in [0.29, 0.717) is 10.9 Å².